The second-order valence-electron chi connectivity index (χ2n) is 8.92. The Bertz CT molecular complexity index is 1880. The van der Waals surface area contributed by atoms with Gasteiger partial charge >= 0.3 is 0 Å². The molecule has 0 atom stereocenters. The maximum Gasteiger partial charge on any atom is 0.181 e. The van der Waals surface area contributed by atoms with E-state index < -0.39 is 0 Å². The molecule has 0 aliphatic rings. The van der Waals surface area contributed by atoms with Crippen LogP contribution in [0.3, 0.4) is 0 Å². The van der Waals surface area contributed by atoms with Gasteiger partial charge in [-0.25, -0.2) is 4.98 Å². The van der Waals surface area contributed by atoms with Crippen LogP contribution in [0.5, 0.6) is 5.75 Å². The largest absolute Gasteiger partial charge is 0.487 e. The Morgan fingerprint density at radius 3 is 2.50 bits per heavy atom. The molecule has 6 aromatic heterocycles. The van der Waals surface area contributed by atoms with Crippen molar-refractivity contribution in [2.75, 3.05) is 0 Å². The van der Waals surface area contributed by atoms with Crippen LogP contribution in [0, 0.1) is 0 Å². The van der Waals surface area contributed by atoms with Crippen LogP contribution in [0.15, 0.2) is 104 Å². The molecule has 2 N–H and O–H groups in total. The van der Waals surface area contributed by atoms with Crippen LogP contribution >= 0.6 is 0 Å². The van der Waals surface area contributed by atoms with Gasteiger partial charge in [-0.3, -0.25) is 20.1 Å². The number of benzene rings is 1. The van der Waals surface area contributed by atoms with Crippen LogP contribution in [0.4, 0.5) is 0 Å². The molecule has 0 fully saturated rings. The van der Waals surface area contributed by atoms with Gasteiger partial charge in [-0.15, -0.1) is 0 Å². The van der Waals surface area contributed by atoms with E-state index in [-0.39, 0.29) is 0 Å². The Hall–Kier alpha value is -5.37. The normalized spacial score (nSPS) is 11.3. The monoisotopic (exact) mass is 495 g/mol. The molecule has 8 heteroatoms. The summed E-state index contributed by atoms with van der Waals surface area (Å²) in [4.78, 5) is 21.4. The molecule has 0 aliphatic carbocycles. The highest BCUT2D eigenvalue weighted by molar-refractivity contribution is 6.00. The Morgan fingerprint density at radius 2 is 1.61 bits per heavy atom. The van der Waals surface area contributed by atoms with Crippen LogP contribution in [0.25, 0.3) is 55.7 Å². The summed E-state index contributed by atoms with van der Waals surface area (Å²) in [5.41, 5.74) is 8.07. The van der Waals surface area contributed by atoms with Gasteiger partial charge in [-0.1, -0.05) is 36.4 Å². The van der Waals surface area contributed by atoms with Gasteiger partial charge in [-0.05, 0) is 35.9 Å². The Labute approximate surface area is 217 Å². The van der Waals surface area contributed by atoms with Crippen molar-refractivity contribution < 1.29 is 4.74 Å². The Kier molecular flexibility index (Phi) is 5.33. The molecule has 0 bridgehead atoms. The minimum Gasteiger partial charge on any atom is -0.487 e. The number of hydrogen-bond acceptors (Lipinski definition) is 6. The first kappa shape index (κ1) is 21.9. The molecule has 0 spiro atoms. The van der Waals surface area contributed by atoms with Gasteiger partial charge in [0.25, 0.3) is 0 Å². The summed E-state index contributed by atoms with van der Waals surface area (Å²) in [7, 11) is 0. The molecule has 1 aromatic carbocycles. The lowest BCUT2D eigenvalue weighted by Gasteiger charge is -2.08. The van der Waals surface area contributed by atoms with Crippen molar-refractivity contribution in [2.45, 2.75) is 6.61 Å². The van der Waals surface area contributed by atoms with Gasteiger partial charge in [0.2, 0.25) is 0 Å². The smallest absolute Gasteiger partial charge is 0.181 e. The number of aromatic amines is 2. The molecule has 0 amide bonds. The summed E-state index contributed by atoms with van der Waals surface area (Å²) in [5, 5.41) is 9.53. The maximum atomic E-state index is 5.98. The van der Waals surface area contributed by atoms with E-state index in [4.69, 9.17) is 4.74 Å². The molecule has 8 nitrogen and oxygen atoms in total. The quantitative estimate of drug-likeness (QED) is 0.284. The fraction of sp³-hybridized carbons (Fsp3) is 0.0333. The summed E-state index contributed by atoms with van der Waals surface area (Å²) in [5.74, 6) is 0.698. The second-order valence-corrected chi connectivity index (χ2v) is 8.92. The molecule has 0 saturated heterocycles. The lowest BCUT2D eigenvalue weighted by Crippen LogP contribution is -1.96. The predicted octanol–water partition coefficient (Wildman–Crippen LogP) is 6.20. The highest BCUT2D eigenvalue weighted by Gasteiger charge is 2.15. The first-order chi connectivity index (χ1) is 18.8. The molecule has 0 radical (unpaired) electrons. The lowest BCUT2D eigenvalue weighted by molar-refractivity contribution is 0.305. The minimum absolute atomic E-state index is 0.477. The zero-order valence-electron chi connectivity index (χ0n) is 20.2. The van der Waals surface area contributed by atoms with Gasteiger partial charge in [0.1, 0.15) is 12.4 Å². The first-order valence-corrected chi connectivity index (χ1v) is 12.2. The van der Waals surface area contributed by atoms with Gasteiger partial charge in [0.05, 0.1) is 35.0 Å². The average Bonchev–Trinajstić information content (AvgIpc) is 3.61. The van der Waals surface area contributed by atoms with E-state index >= 15 is 0 Å². The number of ether oxygens (including phenoxy) is 1. The topological polar surface area (TPSA) is 105 Å². The highest BCUT2D eigenvalue weighted by Crippen LogP contribution is 2.34. The summed E-state index contributed by atoms with van der Waals surface area (Å²) < 4.78 is 5.98. The maximum absolute atomic E-state index is 5.98. The van der Waals surface area contributed by atoms with Crippen molar-refractivity contribution >= 4 is 21.9 Å². The van der Waals surface area contributed by atoms with Crippen molar-refractivity contribution in [1.82, 2.24) is 35.1 Å². The molecule has 38 heavy (non-hydrogen) atoms. The molecular weight excluding hydrogens is 474 g/mol. The summed E-state index contributed by atoms with van der Waals surface area (Å²) in [6, 6.07) is 22.1. The summed E-state index contributed by atoms with van der Waals surface area (Å²) >= 11 is 0. The van der Waals surface area contributed by atoms with Gasteiger partial charge in [0, 0.05) is 52.3 Å². The molecule has 6 heterocycles. The van der Waals surface area contributed by atoms with Crippen LogP contribution in [-0.2, 0) is 6.61 Å². The highest BCUT2D eigenvalue weighted by atomic mass is 16.5. The number of rotatable bonds is 6. The van der Waals surface area contributed by atoms with Gasteiger partial charge in [0.15, 0.2) is 5.65 Å². The summed E-state index contributed by atoms with van der Waals surface area (Å²) in [6.45, 7) is 0.477. The molecule has 0 aliphatic heterocycles. The standard InChI is InChI=1S/C30H21N7O/c1-2-6-19(7-3-1)18-38-22-10-20(13-31-15-22)21-11-24-29(36-37-30(24)34-14-21)27-12-23-25(16-32-17-28(23)35-27)26-8-4-5-9-33-26/h1-17,35H,18H2,(H,34,36,37). The SMILES string of the molecule is c1ccc(COc2cncc(-c3cnc4n[nH]c(-c5cc6c(-c7ccccn7)cncc6[nH]5)c4c3)c2)cc1. The molecular formula is C30H21N7O. The van der Waals surface area contributed by atoms with E-state index in [1.165, 1.54) is 0 Å². The van der Waals surface area contributed by atoms with E-state index in [9.17, 15) is 0 Å². The first-order valence-electron chi connectivity index (χ1n) is 12.2. The third-order valence-corrected chi connectivity index (χ3v) is 6.46. The van der Waals surface area contributed by atoms with Crippen molar-refractivity contribution in [1.29, 1.82) is 0 Å². The lowest BCUT2D eigenvalue weighted by atomic mass is 10.1. The van der Waals surface area contributed by atoms with Crippen LogP contribution in [-0.4, -0.2) is 35.1 Å². The van der Waals surface area contributed by atoms with E-state index in [1.54, 1.807) is 18.6 Å². The number of H-pyrrole nitrogens is 2. The fourth-order valence-corrected chi connectivity index (χ4v) is 4.57. The molecule has 0 unspecified atom stereocenters. The van der Waals surface area contributed by atoms with Crippen LogP contribution in [0.2, 0.25) is 0 Å². The predicted molar refractivity (Wildman–Crippen MR) is 146 cm³/mol. The molecule has 0 saturated carbocycles. The van der Waals surface area contributed by atoms with Crippen molar-refractivity contribution in [3.8, 4) is 39.5 Å². The third-order valence-electron chi connectivity index (χ3n) is 6.46. The number of hydrogen-bond donors (Lipinski definition) is 2. The zero-order chi connectivity index (χ0) is 25.3. The Balaban J connectivity index is 1.24. The number of fused-ring (bicyclic) bond motifs is 2. The fourth-order valence-electron chi connectivity index (χ4n) is 4.57. The zero-order valence-corrected chi connectivity index (χ0v) is 20.2. The van der Waals surface area contributed by atoms with E-state index in [2.05, 4.69) is 47.2 Å². The number of pyridine rings is 4. The number of nitrogens with zero attached hydrogens (tertiary/aromatic N) is 5. The van der Waals surface area contributed by atoms with Gasteiger partial charge < -0.3 is 9.72 Å². The second kappa shape index (κ2) is 9.25. The summed E-state index contributed by atoms with van der Waals surface area (Å²) in [6.07, 6.45) is 10.8. The van der Waals surface area contributed by atoms with Gasteiger partial charge in [-0.2, -0.15) is 5.10 Å². The number of aromatic nitrogens is 7. The molecule has 7 aromatic rings. The van der Waals surface area contributed by atoms with Crippen molar-refractivity contribution in [2.24, 2.45) is 0 Å². The number of nitrogens with one attached hydrogen (secondary N) is 2. The van der Waals surface area contributed by atoms with Crippen LogP contribution < -0.4 is 4.74 Å². The van der Waals surface area contributed by atoms with E-state index in [1.807, 2.05) is 73.2 Å². The van der Waals surface area contributed by atoms with E-state index in [0.29, 0.717) is 18.0 Å². The van der Waals surface area contributed by atoms with Crippen molar-refractivity contribution in [3.05, 3.63) is 109 Å². The molecule has 182 valence electrons. The Morgan fingerprint density at radius 1 is 0.737 bits per heavy atom. The van der Waals surface area contributed by atoms with E-state index in [0.717, 1.165) is 55.6 Å². The minimum atomic E-state index is 0.477. The van der Waals surface area contributed by atoms with Crippen molar-refractivity contribution in [3.63, 3.8) is 0 Å². The third kappa shape index (κ3) is 4.04. The average molecular weight is 496 g/mol. The molecule has 7 rings (SSSR count). The van der Waals surface area contributed by atoms with Crippen LogP contribution in [0.1, 0.15) is 5.56 Å².